The topological polar surface area (TPSA) is 145 Å². The molecule has 1 aromatic rings. The number of allylic oxidation sites excluding steroid dienone is 2. The molecule has 11 heteroatoms. The second-order valence-corrected chi connectivity index (χ2v) is 9.03. The van der Waals surface area contributed by atoms with Crippen LogP contribution < -0.4 is 10.1 Å². The number of nitrogens with zero attached hydrogens (tertiary/aromatic N) is 2. The number of imide groups is 1. The molecule has 1 aliphatic heterocycles. The Morgan fingerprint density at radius 3 is 2.32 bits per heavy atom. The van der Waals surface area contributed by atoms with Gasteiger partial charge in [-0.3, -0.25) is 29.4 Å². The van der Waals surface area contributed by atoms with E-state index in [0.29, 0.717) is 0 Å². The third-order valence-corrected chi connectivity index (χ3v) is 6.68. The van der Waals surface area contributed by atoms with Crippen molar-refractivity contribution in [1.29, 1.82) is 0 Å². The van der Waals surface area contributed by atoms with Crippen molar-refractivity contribution in [3.8, 4) is 5.75 Å². The number of amides is 3. The number of nitrogens with one attached hydrogen (secondary N) is 1. The third kappa shape index (κ3) is 3.91. The number of nitro benzene ring substituents is 1. The van der Waals surface area contributed by atoms with Gasteiger partial charge in [0.05, 0.1) is 23.9 Å². The predicted molar refractivity (Wildman–Crippen MR) is 117 cm³/mol. The summed E-state index contributed by atoms with van der Waals surface area (Å²) in [5.41, 5.74) is -0.477. The van der Waals surface area contributed by atoms with Gasteiger partial charge in [-0.05, 0) is 30.2 Å². The summed E-state index contributed by atoms with van der Waals surface area (Å²) in [6.45, 7) is 2.63. The Bertz CT molecular complexity index is 1070. The molecule has 180 valence electrons. The van der Waals surface area contributed by atoms with Gasteiger partial charge in [0.1, 0.15) is 17.5 Å². The van der Waals surface area contributed by atoms with Crippen LogP contribution in [0.15, 0.2) is 30.4 Å². The Morgan fingerprint density at radius 1 is 1.18 bits per heavy atom. The van der Waals surface area contributed by atoms with Gasteiger partial charge in [-0.15, -0.1) is 0 Å². The summed E-state index contributed by atoms with van der Waals surface area (Å²) in [5, 5.41) is 13.6. The minimum atomic E-state index is -1.16. The number of ether oxygens (including phenoxy) is 2. The summed E-state index contributed by atoms with van der Waals surface area (Å²) >= 11 is 0. The SMILES string of the molecule is COc1ccc([N+](=O)[O-])c(NC(=O)COC(=O)[C@H](C(C)C)N2C(=O)[C@@H]3[C@@H](C2=O)[C@H]2C=C[C@H]3C2)c1. The van der Waals surface area contributed by atoms with Crippen molar-refractivity contribution in [1.82, 2.24) is 4.90 Å². The highest BCUT2D eigenvalue weighted by Crippen LogP contribution is 2.53. The molecule has 1 saturated carbocycles. The van der Waals surface area contributed by atoms with Gasteiger partial charge in [0.15, 0.2) is 6.61 Å². The number of fused-ring (bicyclic) bond motifs is 5. The van der Waals surface area contributed by atoms with Crippen molar-refractivity contribution < 1.29 is 33.6 Å². The number of rotatable bonds is 8. The van der Waals surface area contributed by atoms with Crippen LogP contribution in [-0.2, 0) is 23.9 Å². The minimum Gasteiger partial charge on any atom is -0.497 e. The van der Waals surface area contributed by atoms with Crippen molar-refractivity contribution in [2.45, 2.75) is 26.3 Å². The van der Waals surface area contributed by atoms with Crippen molar-refractivity contribution >= 4 is 35.1 Å². The molecule has 11 nitrogen and oxygen atoms in total. The van der Waals surface area contributed by atoms with Crippen LogP contribution in [0.5, 0.6) is 5.75 Å². The van der Waals surface area contributed by atoms with Gasteiger partial charge in [-0.25, -0.2) is 4.79 Å². The number of likely N-dealkylation sites (tertiary alicyclic amines) is 1. The molecule has 3 amide bonds. The molecule has 2 bridgehead atoms. The molecular weight excluding hydrogens is 446 g/mol. The molecule has 0 unspecified atom stereocenters. The number of hydrogen-bond acceptors (Lipinski definition) is 8. The average Bonchev–Trinajstić information content (AvgIpc) is 3.47. The number of carbonyl (C=O) groups excluding carboxylic acids is 4. The van der Waals surface area contributed by atoms with E-state index in [9.17, 15) is 29.3 Å². The van der Waals surface area contributed by atoms with Gasteiger partial charge in [0, 0.05) is 12.1 Å². The molecule has 2 aliphatic carbocycles. The summed E-state index contributed by atoms with van der Waals surface area (Å²) in [6.07, 6.45) is 4.70. The number of methoxy groups -OCH3 is 1. The van der Waals surface area contributed by atoms with Crippen molar-refractivity contribution in [3.05, 3.63) is 40.5 Å². The van der Waals surface area contributed by atoms with Crippen LogP contribution in [0.1, 0.15) is 20.3 Å². The first-order chi connectivity index (χ1) is 16.1. The van der Waals surface area contributed by atoms with Crippen LogP contribution in [-0.4, -0.2) is 53.3 Å². The van der Waals surface area contributed by atoms with Gasteiger partial charge < -0.3 is 14.8 Å². The molecule has 2 fully saturated rings. The monoisotopic (exact) mass is 471 g/mol. The average molecular weight is 471 g/mol. The molecule has 3 aliphatic rings. The summed E-state index contributed by atoms with van der Waals surface area (Å²) in [4.78, 5) is 63.0. The fourth-order valence-corrected chi connectivity index (χ4v) is 5.19. The Morgan fingerprint density at radius 2 is 1.79 bits per heavy atom. The van der Waals surface area contributed by atoms with Crippen LogP contribution in [0.3, 0.4) is 0 Å². The van der Waals surface area contributed by atoms with Crippen LogP contribution >= 0.6 is 0 Å². The Balaban J connectivity index is 1.44. The smallest absolute Gasteiger partial charge is 0.330 e. The molecule has 4 rings (SSSR count). The lowest BCUT2D eigenvalue weighted by molar-refractivity contribution is -0.383. The molecule has 0 aromatic heterocycles. The maximum absolute atomic E-state index is 13.1. The molecule has 1 aromatic carbocycles. The van der Waals surface area contributed by atoms with Crippen molar-refractivity contribution in [3.63, 3.8) is 0 Å². The Labute approximate surface area is 195 Å². The highest BCUT2D eigenvalue weighted by atomic mass is 16.6. The van der Waals surface area contributed by atoms with Gasteiger partial charge in [0.2, 0.25) is 11.8 Å². The van der Waals surface area contributed by atoms with Crippen LogP contribution in [0.4, 0.5) is 11.4 Å². The zero-order valence-electron chi connectivity index (χ0n) is 18.9. The lowest BCUT2D eigenvalue weighted by atomic mass is 9.85. The highest BCUT2D eigenvalue weighted by molar-refractivity contribution is 6.09. The van der Waals surface area contributed by atoms with Crippen molar-refractivity contribution in [2.24, 2.45) is 29.6 Å². The van der Waals surface area contributed by atoms with Gasteiger partial charge in [-0.1, -0.05) is 26.0 Å². The van der Waals surface area contributed by atoms with Crippen LogP contribution in [0, 0.1) is 39.7 Å². The van der Waals surface area contributed by atoms with Gasteiger partial charge >= 0.3 is 5.97 Å². The van der Waals surface area contributed by atoms with E-state index in [-0.39, 0.29) is 40.8 Å². The van der Waals surface area contributed by atoms with Crippen LogP contribution in [0.25, 0.3) is 0 Å². The molecule has 1 saturated heterocycles. The minimum absolute atomic E-state index is 0.00437. The third-order valence-electron chi connectivity index (χ3n) is 6.68. The first kappa shape index (κ1) is 23.4. The number of carbonyl (C=O) groups is 4. The maximum Gasteiger partial charge on any atom is 0.330 e. The standard InChI is InChI=1S/C23H25N3O8/c1-11(2)20(25-21(28)18-12-4-5-13(8-12)19(18)22(25)29)23(30)34-10-17(27)24-15-9-14(33-3)6-7-16(15)26(31)32/h4-7,9,11-13,18-20H,8,10H2,1-3H3,(H,24,27)/t12-,13-,18-,19-,20-/m0/s1. The van der Waals surface area contributed by atoms with E-state index in [4.69, 9.17) is 9.47 Å². The quantitative estimate of drug-likeness (QED) is 0.199. The zero-order valence-corrected chi connectivity index (χ0v) is 18.9. The van der Waals surface area contributed by atoms with Gasteiger partial charge in [0.25, 0.3) is 11.6 Å². The second-order valence-electron chi connectivity index (χ2n) is 9.03. The first-order valence-corrected chi connectivity index (χ1v) is 11.0. The fourth-order valence-electron chi connectivity index (χ4n) is 5.19. The first-order valence-electron chi connectivity index (χ1n) is 11.0. The molecule has 0 radical (unpaired) electrons. The molecule has 5 atom stereocenters. The zero-order chi connectivity index (χ0) is 24.7. The number of anilines is 1. The van der Waals surface area contributed by atoms with E-state index in [0.717, 1.165) is 11.3 Å². The number of nitro groups is 1. The van der Waals surface area contributed by atoms with E-state index in [1.165, 1.54) is 25.3 Å². The maximum atomic E-state index is 13.1. The lowest BCUT2D eigenvalue weighted by Crippen LogP contribution is -2.50. The molecule has 1 N–H and O–H groups in total. The number of benzene rings is 1. The second kappa shape index (κ2) is 8.88. The van der Waals surface area contributed by atoms with E-state index in [1.54, 1.807) is 13.8 Å². The molecule has 1 heterocycles. The molecular formula is C23H25N3O8. The van der Waals surface area contributed by atoms with E-state index in [1.807, 2.05) is 12.2 Å². The lowest BCUT2D eigenvalue weighted by Gasteiger charge is -2.28. The van der Waals surface area contributed by atoms with E-state index in [2.05, 4.69) is 5.32 Å². The predicted octanol–water partition coefficient (Wildman–Crippen LogP) is 1.92. The van der Waals surface area contributed by atoms with Crippen molar-refractivity contribution in [2.75, 3.05) is 19.0 Å². The molecule has 0 spiro atoms. The summed E-state index contributed by atoms with van der Waals surface area (Å²) in [7, 11) is 1.37. The summed E-state index contributed by atoms with van der Waals surface area (Å²) in [6, 6.07) is 2.67. The number of hydrogen-bond donors (Lipinski definition) is 1. The summed E-state index contributed by atoms with van der Waals surface area (Å²) < 4.78 is 10.2. The van der Waals surface area contributed by atoms with Gasteiger partial charge in [-0.2, -0.15) is 0 Å². The Hall–Kier alpha value is -3.76. The highest BCUT2D eigenvalue weighted by Gasteiger charge is 2.61. The number of esters is 1. The summed E-state index contributed by atoms with van der Waals surface area (Å²) in [5.74, 6) is -3.49. The Kier molecular flexibility index (Phi) is 6.11. The van der Waals surface area contributed by atoms with E-state index >= 15 is 0 Å². The molecule has 34 heavy (non-hydrogen) atoms. The fraction of sp³-hybridized carbons (Fsp3) is 0.478. The largest absolute Gasteiger partial charge is 0.497 e. The van der Waals surface area contributed by atoms with Crippen LogP contribution in [0.2, 0.25) is 0 Å². The normalized spacial score (nSPS) is 25.5. The van der Waals surface area contributed by atoms with E-state index < -0.39 is 47.2 Å².